The number of oxime groups is 1. The minimum absolute atomic E-state index is 0.0209. The highest BCUT2D eigenvalue weighted by atomic mass is 16.6. The highest BCUT2D eigenvalue weighted by Crippen LogP contribution is 2.13. The number of carbonyl (C=O) groups is 1. The summed E-state index contributed by atoms with van der Waals surface area (Å²) < 4.78 is 0. The van der Waals surface area contributed by atoms with Crippen molar-refractivity contribution in [1.82, 2.24) is 5.32 Å². The Balaban J connectivity index is 3.02. The number of hydrogen-bond acceptors (Lipinski definition) is 6. The molecule has 8 nitrogen and oxygen atoms in total. The van der Waals surface area contributed by atoms with Crippen molar-refractivity contribution in [3.8, 4) is 0 Å². The van der Waals surface area contributed by atoms with Gasteiger partial charge in [-0.25, -0.2) is 0 Å². The van der Waals surface area contributed by atoms with Gasteiger partial charge < -0.3 is 15.6 Å². The molecule has 19 heavy (non-hydrogen) atoms. The number of nitrogens with zero attached hydrogens (tertiary/aromatic N) is 2. The quantitative estimate of drug-likeness (QED) is 0.305. The monoisotopic (exact) mass is 267 g/mol. The Morgan fingerprint density at radius 1 is 1.47 bits per heavy atom. The van der Waals surface area contributed by atoms with Crippen molar-refractivity contribution in [2.24, 2.45) is 5.16 Å². The predicted octanol–water partition coefficient (Wildman–Crippen LogP) is 0.270. The Labute approximate surface area is 108 Å². The maximum atomic E-state index is 11.0. The van der Waals surface area contributed by atoms with Gasteiger partial charge in [0.2, 0.25) is 5.91 Å². The molecular weight excluding hydrogens is 254 g/mol. The standard InChI is InChI=1S/C11H13N3O5/c1-7(16)12-10(6-15)11(13-17)8-2-4-9(5-3-8)14(18)19/h2-5,10,15,17H,6H2,1H3,(H,12,16)/t10-/m1/s1. The molecule has 1 rings (SSSR count). The number of nitrogens with one attached hydrogen (secondary N) is 1. The fraction of sp³-hybridized carbons (Fsp3) is 0.273. The smallest absolute Gasteiger partial charge is 0.269 e. The third-order valence-corrected chi connectivity index (χ3v) is 2.37. The number of aliphatic hydroxyl groups excluding tert-OH is 1. The summed E-state index contributed by atoms with van der Waals surface area (Å²) in [6.45, 7) is 0.795. The molecule has 0 saturated heterocycles. The zero-order chi connectivity index (χ0) is 14.4. The lowest BCUT2D eigenvalue weighted by atomic mass is 10.0. The maximum absolute atomic E-state index is 11.0. The maximum Gasteiger partial charge on any atom is 0.269 e. The van der Waals surface area contributed by atoms with Crippen LogP contribution in [0.4, 0.5) is 5.69 Å². The van der Waals surface area contributed by atoms with Crippen LogP contribution in [0.5, 0.6) is 0 Å². The topological polar surface area (TPSA) is 125 Å². The molecule has 0 aliphatic heterocycles. The van der Waals surface area contributed by atoms with E-state index >= 15 is 0 Å². The number of aliphatic hydroxyl groups is 1. The number of amides is 1. The van der Waals surface area contributed by atoms with Gasteiger partial charge in [0.15, 0.2) is 0 Å². The highest BCUT2D eigenvalue weighted by Gasteiger charge is 2.19. The van der Waals surface area contributed by atoms with Gasteiger partial charge in [-0.15, -0.1) is 0 Å². The Morgan fingerprint density at radius 2 is 2.05 bits per heavy atom. The van der Waals surface area contributed by atoms with Gasteiger partial charge in [0.25, 0.3) is 5.69 Å². The molecule has 0 aromatic heterocycles. The first-order chi connectivity index (χ1) is 8.99. The Hall–Kier alpha value is -2.48. The van der Waals surface area contributed by atoms with Crippen molar-refractivity contribution in [3.05, 3.63) is 39.9 Å². The van der Waals surface area contributed by atoms with Crippen molar-refractivity contribution in [3.63, 3.8) is 0 Å². The fourth-order valence-electron chi connectivity index (χ4n) is 1.53. The van der Waals surface area contributed by atoms with E-state index in [-0.39, 0.29) is 11.4 Å². The van der Waals surface area contributed by atoms with Crippen LogP contribution >= 0.6 is 0 Å². The van der Waals surface area contributed by atoms with Crippen LogP contribution in [-0.4, -0.2) is 39.5 Å². The number of rotatable bonds is 5. The highest BCUT2D eigenvalue weighted by molar-refractivity contribution is 6.05. The van der Waals surface area contributed by atoms with Gasteiger partial charge in [-0.3, -0.25) is 14.9 Å². The number of non-ortho nitro benzene ring substituents is 1. The summed E-state index contributed by atoms with van der Waals surface area (Å²) in [7, 11) is 0. The van der Waals surface area contributed by atoms with E-state index in [1.165, 1.54) is 31.2 Å². The van der Waals surface area contributed by atoms with E-state index in [1.54, 1.807) is 0 Å². The molecular formula is C11H13N3O5. The van der Waals surface area contributed by atoms with Gasteiger partial charge in [-0.2, -0.15) is 0 Å². The van der Waals surface area contributed by atoms with Crippen molar-refractivity contribution in [2.45, 2.75) is 13.0 Å². The average Bonchev–Trinajstić information content (AvgIpc) is 2.38. The largest absolute Gasteiger partial charge is 0.411 e. The minimum atomic E-state index is -0.885. The van der Waals surface area contributed by atoms with Crippen LogP contribution in [0.15, 0.2) is 29.4 Å². The normalized spacial score (nSPS) is 12.8. The van der Waals surface area contributed by atoms with E-state index in [2.05, 4.69) is 10.5 Å². The summed E-state index contributed by atoms with van der Waals surface area (Å²) in [5.41, 5.74) is 0.273. The summed E-state index contributed by atoms with van der Waals surface area (Å²) in [5.74, 6) is -0.401. The third-order valence-electron chi connectivity index (χ3n) is 2.37. The van der Waals surface area contributed by atoms with Crippen LogP contribution in [0.1, 0.15) is 12.5 Å². The van der Waals surface area contributed by atoms with Gasteiger partial charge in [-0.1, -0.05) is 5.16 Å². The van der Waals surface area contributed by atoms with Crippen LogP contribution in [0, 0.1) is 10.1 Å². The van der Waals surface area contributed by atoms with E-state index in [1.807, 2.05) is 0 Å². The summed E-state index contributed by atoms with van der Waals surface area (Å²) in [5, 5.41) is 34.1. The summed E-state index contributed by atoms with van der Waals surface area (Å²) in [4.78, 5) is 20.9. The molecule has 1 atom stereocenters. The Kier molecular flexibility index (Phi) is 4.95. The van der Waals surface area contributed by atoms with Gasteiger partial charge in [-0.05, 0) is 12.1 Å². The molecule has 1 aromatic carbocycles. The molecule has 0 heterocycles. The van der Waals surface area contributed by atoms with E-state index < -0.39 is 23.5 Å². The third kappa shape index (κ3) is 3.75. The fourth-order valence-corrected chi connectivity index (χ4v) is 1.53. The molecule has 8 heteroatoms. The van der Waals surface area contributed by atoms with E-state index in [0.29, 0.717) is 5.56 Å². The molecule has 0 aliphatic carbocycles. The van der Waals surface area contributed by atoms with E-state index in [0.717, 1.165) is 0 Å². The van der Waals surface area contributed by atoms with Gasteiger partial charge in [0.1, 0.15) is 5.71 Å². The first-order valence-corrected chi connectivity index (χ1v) is 5.34. The average molecular weight is 267 g/mol. The second-order valence-corrected chi connectivity index (χ2v) is 3.72. The molecule has 1 amide bonds. The number of nitro groups is 1. The predicted molar refractivity (Wildman–Crippen MR) is 66.1 cm³/mol. The molecule has 0 aliphatic rings. The Morgan fingerprint density at radius 3 is 2.42 bits per heavy atom. The lowest BCUT2D eigenvalue weighted by molar-refractivity contribution is -0.384. The molecule has 1 aromatic rings. The van der Waals surface area contributed by atoms with E-state index in [9.17, 15) is 14.9 Å². The first-order valence-electron chi connectivity index (χ1n) is 5.34. The Bertz CT molecular complexity index is 498. The van der Waals surface area contributed by atoms with Crippen molar-refractivity contribution in [2.75, 3.05) is 6.61 Å². The lowest BCUT2D eigenvalue weighted by Crippen LogP contribution is -2.42. The van der Waals surface area contributed by atoms with Crippen LogP contribution in [0.3, 0.4) is 0 Å². The number of nitro benzene ring substituents is 1. The zero-order valence-corrected chi connectivity index (χ0v) is 10.1. The van der Waals surface area contributed by atoms with Crippen LogP contribution < -0.4 is 5.32 Å². The second kappa shape index (κ2) is 6.45. The molecule has 0 bridgehead atoms. The van der Waals surface area contributed by atoms with Crippen molar-refractivity contribution in [1.29, 1.82) is 0 Å². The second-order valence-electron chi connectivity index (χ2n) is 3.72. The minimum Gasteiger partial charge on any atom is -0.411 e. The van der Waals surface area contributed by atoms with Crippen molar-refractivity contribution >= 4 is 17.3 Å². The molecule has 0 spiro atoms. The van der Waals surface area contributed by atoms with Gasteiger partial charge in [0.05, 0.1) is 17.6 Å². The molecule has 3 N–H and O–H groups in total. The van der Waals surface area contributed by atoms with Crippen LogP contribution in [-0.2, 0) is 4.79 Å². The van der Waals surface area contributed by atoms with Gasteiger partial charge >= 0.3 is 0 Å². The van der Waals surface area contributed by atoms with Crippen LogP contribution in [0.2, 0.25) is 0 Å². The summed E-state index contributed by atoms with van der Waals surface area (Å²) in [6.07, 6.45) is 0. The van der Waals surface area contributed by atoms with Crippen molar-refractivity contribution < 1.29 is 20.0 Å². The molecule has 0 saturated carbocycles. The molecule has 102 valence electrons. The molecule has 0 unspecified atom stereocenters. The van der Waals surface area contributed by atoms with Gasteiger partial charge in [0, 0.05) is 24.6 Å². The number of benzene rings is 1. The molecule has 0 fully saturated rings. The SMILES string of the molecule is CC(=O)N[C@H](CO)C(=NO)c1ccc([N+](=O)[O-])cc1. The number of carbonyl (C=O) groups excluding carboxylic acids is 1. The lowest BCUT2D eigenvalue weighted by Gasteiger charge is -2.16. The van der Waals surface area contributed by atoms with E-state index in [4.69, 9.17) is 10.3 Å². The molecule has 0 radical (unpaired) electrons. The summed E-state index contributed by atoms with van der Waals surface area (Å²) in [6, 6.07) is 4.34. The number of hydrogen-bond donors (Lipinski definition) is 3. The zero-order valence-electron chi connectivity index (χ0n) is 10.1. The van der Waals surface area contributed by atoms with Crippen LogP contribution in [0.25, 0.3) is 0 Å². The summed E-state index contributed by atoms with van der Waals surface area (Å²) >= 11 is 0. The first kappa shape index (κ1) is 14.6.